The fourth-order valence-corrected chi connectivity index (χ4v) is 3.55. The fourth-order valence-electron chi connectivity index (χ4n) is 2.50. The van der Waals surface area contributed by atoms with Gasteiger partial charge in [-0.15, -0.1) is 11.3 Å². The molecule has 1 aromatic carbocycles. The third-order valence-corrected chi connectivity index (χ3v) is 5.24. The average Bonchev–Trinajstić information content (AvgIpc) is 3.06. The van der Waals surface area contributed by atoms with Crippen LogP contribution in [-0.4, -0.2) is 22.8 Å². The lowest BCUT2D eigenvalue weighted by Gasteiger charge is -2.28. The van der Waals surface area contributed by atoms with E-state index in [1.807, 2.05) is 18.4 Å². The number of thiophene rings is 1. The average molecular weight is 363 g/mol. The van der Waals surface area contributed by atoms with Gasteiger partial charge in [0.1, 0.15) is 17.5 Å². The second-order valence-corrected chi connectivity index (χ2v) is 6.96. The smallest absolute Gasteiger partial charge is 0.161 e. The minimum absolute atomic E-state index is 0.0602. The molecule has 25 heavy (non-hydrogen) atoms. The number of halogens is 1. The van der Waals surface area contributed by atoms with Crippen LogP contribution in [0.4, 0.5) is 10.1 Å². The second kappa shape index (κ2) is 7.33. The monoisotopic (exact) mass is 363 g/mol. The van der Waals surface area contributed by atoms with Crippen LogP contribution < -0.4 is 11.5 Å². The summed E-state index contributed by atoms with van der Waals surface area (Å²) in [6, 6.07) is 6.29. The van der Waals surface area contributed by atoms with Crippen molar-refractivity contribution in [3.63, 3.8) is 0 Å². The molecular formula is C18H22FN3O2S. The number of carbonyl (C=O) groups is 1. The summed E-state index contributed by atoms with van der Waals surface area (Å²) in [6.45, 7) is 4.84. The predicted octanol–water partition coefficient (Wildman–Crippen LogP) is 3.07. The van der Waals surface area contributed by atoms with Crippen LogP contribution in [0.1, 0.15) is 32.1 Å². The van der Waals surface area contributed by atoms with E-state index in [0.717, 1.165) is 11.1 Å². The molecule has 0 unspecified atom stereocenters. The third kappa shape index (κ3) is 3.88. The Hall–Kier alpha value is -2.25. The van der Waals surface area contributed by atoms with Crippen LogP contribution in [0, 0.1) is 5.82 Å². The molecule has 0 aliphatic heterocycles. The molecule has 2 atom stereocenters. The number of anilines is 1. The number of rotatable bonds is 6. The molecule has 7 heteroatoms. The predicted molar refractivity (Wildman–Crippen MR) is 100 cm³/mol. The molecule has 1 aromatic heterocycles. The molecule has 134 valence electrons. The van der Waals surface area contributed by atoms with Crippen molar-refractivity contribution in [1.82, 2.24) is 0 Å². The Labute approximate surface area is 150 Å². The number of benzene rings is 1. The summed E-state index contributed by atoms with van der Waals surface area (Å²) in [5.74, 6) is -0.517. The zero-order valence-electron chi connectivity index (χ0n) is 14.4. The molecule has 0 saturated carbocycles. The van der Waals surface area contributed by atoms with Gasteiger partial charge in [0.15, 0.2) is 5.78 Å². The van der Waals surface area contributed by atoms with Crippen molar-refractivity contribution < 1.29 is 14.3 Å². The van der Waals surface area contributed by atoms with Gasteiger partial charge in [-0.1, -0.05) is 13.0 Å². The van der Waals surface area contributed by atoms with Crippen molar-refractivity contribution in [2.24, 2.45) is 10.7 Å². The van der Waals surface area contributed by atoms with Gasteiger partial charge in [0.25, 0.3) is 0 Å². The number of ketones is 1. The molecule has 1 heterocycles. The summed E-state index contributed by atoms with van der Waals surface area (Å²) in [7, 11) is 0. The summed E-state index contributed by atoms with van der Waals surface area (Å²) in [5.41, 5.74) is 11.9. The molecular weight excluding hydrogens is 341 g/mol. The Bertz CT molecular complexity index is 818. The number of nitrogens with zero attached hydrogens (tertiary/aromatic N) is 1. The molecule has 2 rings (SSSR count). The highest BCUT2D eigenvalue weighted by Gasteiger charge is 2.39. The number of nitrogens with two attached hydrogens (primary N) is 2. The molecule has 0 radical (unpaired) electrons. The zero-order valence-corrected chi connectivity index (χ0v) is 15.2. The minimum atomic E-state index is -1.32. The Kier molecular flexibility index (Phi) is 5.59. The van der Waals surface area contributed by atoms with E-state index in [2.05, 4.69) is 4.99 Å². The topological polar surface area (TPSA) is 102 Å². The van der Waals surface area contributed by atoms with E-state index in [0.29, 0.717) is 17.1 Å². The van der Waals surface area contributed by atoms with Crippen molar-refractivity contribution in [3.8, 4) is 11.1 Å². The summed E-state index contributed by atoms with van der Waals surface area (Å²) in [5, 5.41) is 12.3. The van der Waals surface area contributed by atoms with Gasteiger partial charge in [0, 0.05) is 11.3 Å². The van der Waals surface area contributed by atoms with E-state index in [-0.39, 0.29) is 5.69 Å². The number of carbonyl (C=O) groups excluding carboxylic acids is 1. The highest BCUT2D eigenvalue weighted by molar-refractivity contribution is 7.10. The Morgan fingerprint density at radius 1 is 1.40 bits per heavy atom. The largest absolute Gasteiger partial charge is 0.396 e. The first kappa shape index (κ1) is 19.1. The molecule has 5 N–H and O–H groups in total. The number of Topliss-reactive ketones (excluding diaryl/α,β-unsaturated/α-hetero) is 1. The van der Waals surface area contributed by atoms with Gasteiger partial charge in [-0.2, -0.15) is 0 Å². The Balaban J connectivity index is 2.51. The molecule has 2 aromatic rings. The maximum Gasteiger partial charge on any atom is 0.161 e. The first-order chi connectivity index (χ1) is 11.7. The van der Waals surface area contributed by atoms with Gasteiger partial charge in [0.05, 0.1) is 11.5 Å². The van der Waals surface area contributed by atoms with Crippen molar-refractivity contribution >= 4 is 28.6 Å². The lowest BCUT2D eigenvalue weighted by atomic mass is 9.90. The van der Waals surface area contributed by atoms with E-state index in [1.165, 1.54) is 24.3 Å². The van der Waals surface area contributed by atoms with Gasteiger partial charge < -0.3 is 16.6 Å². The maximum atomic E-state index is 13.4. The van der Waals surface area contributed by atoms with Crippen molar-refractivity contribution in [2.45, 2.75) is 38.8 Å². The van der Waals surface area contributed by atoms with Crippen LogP contribution in [0.15, 0.2) is 34.6 Å². The first-order valence-corrected chi connectivity index (χ1v) is 8.74. The lowest BCUT2D eigenvalue weighted by molar-refractivity contribution is -0.128. The molecule has 0 amide bonds. The number of aliphatic hydroxyl groups excluding tert-OH is 1. The standard InChI is InChI=1S/C18H22FN3O2S/c1-4-16(21)22-18(3,17(24)10(2)23)15-8-12(9-25-15)11-5-6-13(19)14(20)7-11/h5-9,17,24H,4,20H2,1-3H3,(H2,21,22)/t17-,18+/m0/s1. The highest BCUT2D eigenvalue weighted by Crippen LogP contribution is 2.38. The van der Waals surface area contributed by atoms with Crippen LogP contribution in [0.5, 0.6) is 0 Å². The van der Waals surface area contributed by atoms with Crippen LogP contribution in [-0.2, 0) is 10.3 Å². The van der Waals surface area contributed by atoms with Gasteiger partial charge >= 0.3 is 0 Å². The van der Waals surface area contributed by atoms with Crippen molar-refractivity contribution in [2.75, 3.05) is 5.73 Å². The van der Waals surface area contributed by atoms with Crippen molar-refractivity contribution in [1.29, 1.82) is 0 Å². The summed E-state index contributed by atoms with van der Waals surface area (Å²) in [6.07, 6.45) is -0.810. The van der Waals surface area contributed by atoms with Gasteiger partial charge in [-0.05, 0) is 48.6 Å². The molecule has 0 spiro atoms. The van der Waals surface area contributed by atoms with Crippen LogP contribution in [0.2, 0.25) is 0 Å². The normalized spacial score (nSPS) is 15.6. The molecule has 0 saturated heterocycles. The minimum Gasteiger partial charge on any atom is -0.396 e. The van der Waals surface area contributed by atoms with Gasteiger partial charge in [-0.3, -0.25) is 9.79 Å². The van der Waals surface area contributed by atoms with Crippen molar-refractivity contribution in [3.05, 3.63) is 40.3 Å². The Morgan fingerprint density at radius 3 is 2.64 bits per heavy atom. The number of hydrogen-bond donors (Lipinski definition) is 3. The SMILES string of the molecule is CCC(N)=N[C@](C)(c1cc(-c2ccc(F)c(N)c2)cs1)[C@@H](O)C(C)=O. The van der Waals surface area contributed by atoms with Gasteiger partial charge in [0.2, 0.25) is 0 Å². The van der Waals surface area contributed by atoms with E-state index in [4.69, 9.17) is 11.5 Å². The van der Waals surface area contributed by atoms with Crippen LogP contribution in [0.25, 0.3) is 11.1 Å². The molecule has 5 nitrogen and oxygen atoms in total. The summed E-state index contributed by atoms with van der Waals surface area (Å²) >= 11 is 1.35. The van der Waals surface area contributed by atoms with Crippen LogP contribution >= 0.6 is 11.3 Å². The Morgan fingerprint density at radius 2 is 2.08 bits per heavy atom. The van der Waals surface area contributed by atoms with E-state index < -0.39 is 23.2 Å². The lowest BCUT2D eigenvalue weighted by Crippen LogP contribution is -2.40. The third-order valence-electron chi connectivity index (χ3n) is 4.08. The molecule has 0 aliphatic rings. The maximum absolute atomic E-state index is 13.4. The second-order valence-electron chi connectivity index (χ2n) is 6.05. The molecule has 0 aliphatic carbocycles. The number of nitrogen functional groups attached to an aromatic ring is 1. The quantitative estimate of drug-likeness (QED) is 0.417. The van der Waals surface area contributed by atoms with E-state index >= 15 is 0 Å². The summed E-state index contributed by atoms with van der Waals surface area (Å²) in [4.78, 5) is 16.9. The molecule has 0 bridgehead atoms. The molecule has 0 fully saturated rings. The number of hydrogen-bond acceptors (Lipinski definition) is 5. The first-order valence-electron chi connectivity index (χ1n) is 7.86. The highest BCUT2D eigenvalue weighted by atomic mass is 32.1. The summed E-state index contributed by atoms with van der Waals surface area (Å²) < 4.78 is 13.4. The zero-order chi connectivity index (χ0) is 18.8. The van der Waals surface area contributed by atoms with E-state index in [1.54, 1.807) is 19.1 Å². The number of aliphatic imine (C=N–C) groups is 1. The fraction of sp³-hybridized carbons (Fsp3) is 0.333. The van der Waals surface area contributed by atoms with E-state index in [9.17, 15) is 14.3 Å². The number of aliphatic hydroxyl groups is 1. The van der Waals surface area contributed by atoms with Crippen LogP contribution in [0.3, 0.4) is 0 Å². The number of amidine groups is 1. The van der Waals surface area contributed by atoms with Gasteiger partial charge in [-0.25, -0.2) is 4.39 Å².